The molecular formula is C13H23NOS. The van der Waals surface area contributed by atoms with Crippen LogP contribution in [0.5, 0.6) is 0 Å². The van der Waals surface area contributed by atoms with Crippen molar-refractivity contribution in [2.24, 2.45) is 5.41 Å². The van der Waals surface area contributed by atoms with E-state index in [4.69, 9.17) is 5.11 Å². The molecule has 1 heterocycles. The van der Waals surface area contributed by atoms with Crippen LogP contribution < -0.4 is 5.32 Å². The zero-order chi connectivity index (χ0) is 12.0. The van der Waals surface area contributed by atoms with Crippen LogP contribution in [0.15, 0.2) is 17.5 Å². The van der Waals surface area contributed by atoms with E-state index in [0.29, 0.717) is 6.04 Å². The van der Waals surface area contributed by atoms with E-state index in [1.807, 2.05) is 0 Å². The monoisotopic (exact) mass is 241 g/mol. The maximum absolute atomic E-state index is 9.13. The van der Waals surface area contributed by atoms with Crippen LogP contribution in [0.4, 0.5) is 0 Å². The van der Waals surface area contributed by atoms with Gasteiger partial charge in [-0.05, 0) is 43.2 Å². The second-order valence-corrected chi connectivity index (χ2v) is 6.10. The number of aliphatic hydroxyl groups is 1. The maximum atomic E-state index is 9.13. The van der Waals surface area contributed by atoms with Crippen LogP contribution in [0.3, 0.4) is 0 Å². The molecular weight excluding hydrogens is 218 g/mol. The van der Waals surface area contributed by atoms with Gasteiger partial charge in [-0.3, -0.25) is 0 Å². The number of hydrogen-bond donors (Lipinski definition) is 2. The zero-order valence-corrected chi connectivity index (χ0v) is 11.3. The Hall–Kier alpha value is -0.380. The molecule has 1 rings (SSSR count). The van der Waals surface area contributed by atoms with Crippen molar-refractivity contribution in [2.45, 2.75) is 39.7 Å². The Balaban J connectivity index is 2.16. The van der Waals surface area contributed by atoms with Gasteiger partial charge in [0.25, 0.3) is 0 Å². The molecule has 16 heavy (non-hydrogen) atoms. The highest BCUT2D eigenvalue weighted by molar-refractivity contribution is 7.10. The van der Waals surface area contributed by atoms with Crippen LogP contribution >= 0.6 is 11.3 Å². The summed E-state index contributed by atoms with van der Waals surface area (Å²) >= 11 is 1.80. The number of hydrogen-bond acceptors (Lipinski definition) is 3. The van der Waals surface area contributed by atoms with E-state index >= 15 is 0 Å². The van der Waals surface area contributed by atoms with E-state index in [2.05, 4.69) is 43.6 Å². The smallest absolute Gasteiger partial charge is 0.0482 e. The summed E-state index contributed by atoms with van der Waals surface area (Å²) < 4.78 is 0. The van der Waals surface area contributed by atoms with Gasteiger partial charge in [0.1, 0.15) is 0 Å². The van der Waals surface area contributed by atoms with Gasteiger partial charge < -0.3 is 10.4 Å². The molecule has 0 fully saturated rings. The number of rotatable bonds is 7. The van der Waals surface area contributed by atoms with Crippen molar-refractivity contribution in [3.63, 3.8) is 0 Å². The van der Waals surface area contributed by atoms with Gasteiger partial charge in [0.05, 0.1) is 0 Å². The number of aliphatic hydroxyl groups excluding tert-OH is 1. The first kappa shape index (κ1) is 13.7. The van der Waals surface area contributed by atoms with Gasteiger partial charge in [-0.1, -0.05) is 19.9 Å². The van der Waals surface area contributed by atoms with Gasteiger partial charge in [-0.2, -0.15) is 0 Å². The summed E-state index contributed by atoms with van der Waals surface area (Å²) in [6.07, 6.45) is 2.18. The van der Waals surface area contributed by atoms with Crippen LogP contribution in [0.2, 0.25) is 0 Å². The summed E-state index contributed by atoms with van der Waals surface area (Å²) in [6.45, 7) is 7.70. The second-order valence-electron chi connectivity index (χ2n) is 5.12. The molecule has 0 amide bonds. The zero-order valence-electron chi connectivity index (χ0n) is 10.5. The van der Waals surface area contributed by atoms with E-state index < -0.39 is 0 Å². The molecule has 0 aliphatic carbocycles. The lowest BCUT2D eigenvalue weighted by Gasteiger charge is -2.21. The summed E-state index contributed by atoms with van der Waals surface area (Å²) in [6, 6.07) is 4.70. The molecule has 0 bridgehead atoms. The Morgan fingerprint density at radius 1 is 1.50 bits per heavy atom. The Bertz CT molecular complexity index is 282. The highest BCUT2D eigenvalue weighted by Crippen LogP contribution is 2.21. The molecule has 92 valence electrons. The first-order valence-electron chi connectivity index (χ1n) is 5.93. The van der Waals surface area contributed by atoms with E-state index in [-0.39, 0.29) is 12.0 Å². The molecule has 0 saturated heterocycles. The average Bonchev–Trinajstić information content (AvgIpc) is 2.77. The SMILES string of the molecule is CC(NCCCC(C)(C)CO)c1cccs1. The minimum Gasteiger partial charge on any atom is -0.396 e. The van der Waals surface area contributed by atoms with Crippen LogP contribution in [-0.4, -0.2) is 18.3 Å². The molecule has 2 N–H and O–H groups in total. The van der Waals surface area contributed by atoms with Crippen LogP contribution in [-0.2, 0) is 0 Å². The lowest BCUT2D eigenvalue weighted by molar-refractivity contribution is 0.147. The van der Waals surface area contributed by atoms with Crippen molar-refractivity contribution >= 4 is 11.3 Å². The Labute approximate surface area is 103 Å². The van der Waals surface area contributed by atoms with Crippen molar-refractivity contribution in [3.8, 4) is 0 Å². The van der Waals surface area contributed by atoms with E-state index in [0.717, 1.165) is 19.4 Å². The first-order chi connectivity index (χ1) is 7.55. The van der Waals surface area contributed by atoms with Gasteiger partial charge in [-0.25, -0.2) is 0 Å². The molecule has 1 unspecified atom stereocenters. The van der Waals surface area contributed by atoms with Gasteiger partial charge in [0, 0.05) is 17.5 Å². The quantitative estimate of drug-likeness (QED) is 0.719. The van der Waals surface area contributed by atoms with Crippen molar-refractivity contribution in [1.82, 2.24) is 5.32 Å². The largest absolute Gasteiger partial charge is 0.396 e. The topological polar surface area (TPSA) is 32.3 Å². The highest BCUT2D eigenvalue weighted by atomic mass is 32.1. The molecule has 0 aliphatic heterocycles. The normalized spacial score (nSPS) is 14.0. The van der Waals surface area contributed by atoms with Gasteiger partial charge >= 0.3 is 0 Å². The van der Waals surface area contributed by atoms with Crippen LogP contribution in [0, 0.1) is 5.41 Å². The lowest BCUT2D eigenvalue weighted by atomic mass is 9.89. The third-order valence-corrected chi connectivity index (χ3v) is 3.93. The third kappa shape index (κ3) is 4.64. The second kappa shape index (κ2) is 6.38. The maximum Gasteiger partial charge on any atom is 0.0482 e. The first-order valence-corrected chi connectivity index (χ1v) is 6.81. The molecule has 0 aromatic carbocycles. The predicted octanol–water partition coefficient (Wildman–Crippen LogP) is 3.20. The number of thiophene rings is 1. The fraction of sp³-hybridized carbons (Fsp3) is 0.692. The third-order valence-electron chi connectivity index (χ3n) is 2.88. The predicted molar refractivity (Wildman–Crippen MR) is 70.8 cm³/mol. The lowest BCUT2D eigenvalue weighted by Crippen LogP contribution is -2.22. The van der Waals surface area contributed by atoms with Gasteiger partial charge in [0.2, 0.25) is 0 Å². The Morgan fingerprint density at radius 2 is 2.25 bits per heavy atom. The van der Waals surface area contributed by atoms with Gasteiger partial charge in [0.15, 0.2) is 0 Å². The van der Waals surface area contributed by atoms with Crippen molar-refractivity contribution < 1.29 is 5.11 Å². The molecule has 1 atom stereocenters. The standard InChI is InChI=1S/C13H23NOS/c1-11(12-6-4-9-16-12)14-8-5-7-13(2,3)10-15/h4,6,9,11,14-15H,5,7-8,10H2,1-3H3. The molecule has 0 radical (unpaired) electrons. The molecule has 0 saturated carbocycles. The summed E-state index contributed by atoms with van der Waals surface area (Å²) in [5.41, 5.74) is 0.0633. The van der Waals surface area contributed by atoms with E-state index in [9.17, 15) is 0 Å². The fourth-order valence-electron chi connectivity index (χ4n) is 1.60. The molecule has 1 aromatic heterocycles. The van der Waals surface area contributed by atoms with Crippen molar-refractivity contribution in [2.75, 3.05) is 13.2 Å². The summed E-state index contributed by atoms with van der Waals surface area (Å²) in [5.74, 6) is 0. The van der Waals surface area contributed by atoms with Crippen LogP contribution in [0.25, 0.3) is 0 Å². The number of nitrogens with one attached hydrogen (secondary N) is 1. The Morgan fingerprint density at radius 3 is 2.81 bits per heavy atom. The minimum absolute atomic E-state index is 0.0633. The fourth-order valence-corrected chi connectivity index (χ4v) is 2.36. The summed E-state index contributed by atoms with van der Waals surface area (Å²) in [4.78, 5) is 1.39. The summed E-state index contributed by atoms with van der Waals surface area (Å²) in [7, 11) is 0. The molecule has 1 aromatic rings. The molecule has 0 spiro atoms. The van der Waals surface area contributed by atoms with Crippen LogP contribution in [0.1, 0.15) is 44.5 Å². The summed E-state index contributed by atoms with van der Waals surface area (Å²) in [5, 5.41) is 14.8. The Kier molecular flexibility index (Phi) is 5.46. The van der Waals surface area contributed by atoms with Crippen molar-refractivity contribution in [1.29, 1.82) is 0 Å². The highest BCUT2D eigenvalue weighted by Gasteiger charge is 2.15. The van der Waals surface area contributed by atoms with Gasteiger partial charge in [-0.15, -0.1) is 11.3 Å². The average molecular weight is 241 g/mol. The van der Waals surface area contributed by atoms with E-state index in [1.165, 1.54) is 4.88 Å². The van der Waals surface area contributed by atoms with E-state index in [1.54, 1.807) is 11.3 Å². The molecule has 2 nitrogen and oxygen atoms in total. The molecule has 0 aliphatic rings. The van der Waals surface area contributed by atoms with Crippen molar-refractivity contribution in [3.05, 3.63) is 22.4 Å². The molecule has 3 heteroatoms. The minimum atomic E-state index is 0.0633.